The van der Waals surface area contributed by atoms with Gasteiger partial charge in [0.25, 0.3) is 5.92 Å². The van der Waals surface area contributed by atoms with Crippen LogP contribution in [0.2, 0.25) is 0 Å². The van der Waals surface area contributed by atoms with Crippen LogP contribution in [0.5, 0.6) is 0 Å². The molecule has 1 N–H and O–H groups in total. The molecule has 5 nitrogen and oxygen atoms in total. The Labute approximate surface area is 116 Å². The first-order chi connectivity index (χ1) is 9.56. The average Bonchev–Trinajstić information content (AvgIpc) is 2.80. The lowest BCUT2D eigenvalue weighted by Gasteiger charge is -2.28. The van der Waals surface area contributed by atoms with Crippen molar-refractivity contribution < 1.29 is 23.1 Å². The number of rotatable bonds is 2. The predicted molar refractivity (Wildman–Crippen MR) is 66.1 cm³/mol. The van der Waals surface area contributed by atoms with Crippen molar-refractivity contribution in [2.75, 3.05) is 32.9 Å². The minimum atomic E-state index is -2.49. The van der Waals surface area contributed by atoms with Gasteiger partial charge in [0.15, 0.2) is 0 Å². The van der Waals surface area contributed by atoms with Gasteiger partial charge in [0.05, 0.1) is 26.4 Å². The highest BCUT2D eigenvalue weighted by molar-refractivity contribution is 5.73. The molecule has 1 heterocycles. The minimum absolute atomic E-state index is 0.0216. The average molecular weight is 290 g/mol. The number of nitrogens with one attached hydrogen (secondary N) is 1. The number of amides is 2. The first-order valence-corrected chi connectivity index (χ1v) is 7.20. The monoisotopic (exact) mass is 290 g/mol. The van der Waals surface area contributed by atoms with Crippen LogP contribution in [0.1, 0.15) is 19.3 Å². The summed E-state index contributed by atoms with van der Waals surface area (Å²) in [6.45, 7) is 2.13. The lowest BCUT2D eigenvalue weighted by Crippen LogP contribution is -2.43. The summed E-state index contributed by atoms with van der Waals surface area (Å²) >= 11 is 0. The topological polar surface area (TPSA) is 50.8 Å². The van der Waals surface area contributed by atoms with E-state index in [1.54, 1.807) is 0 Å². The van der Waals surface area contributed by atoms with Crippen LogP contribution >= 0.6 is 0 Å². The second-order valence-electron chi connectivity index (χ2n) is 5.89. The summed E-state index contributed by atoms with van der Waals surface area (Å²) in [5.74, 6) is -2.76. The van der Waals surface area contributed by atoms with Gasteiger partial charge >= 0.3 is 6.03 Å². The Hall–Kier alpha value is -0.950. The maximum atomic E-state index is 13.4. The van der Waals surface area contributed by atoms with E-state index in [1.807, 2.05) is 0 Å². The fourth-order valence-corrected chi connectivity index (χ4v) is 3.56. The maximum Gasteiger partial charge on any atom is 0.341 e. The van der Waals surface area contributed by atoms with Crippen molar-refractivity contribution in [3.05, 3.63) is 0 Å². The highest BCUT2D eigenvalue weighted by Gasteiger charge is 2.56. The normalized spacial score (nSPS) is 35.9. The van der Waals surface area contributed by atoms with Crippen molar-refractivity contribution in [1.82, 2.24) is 10.4 Å². The number of hydroxylamine groups is 2. The van der Waals surface area contributed by atoms with Crippen LogP contribution in [0.3, 0.4) is 0 Å². The predicted octanol–water partition coefficient (Wildman–Crippen LogP) is 1.64. The van der Waals surface area contributed by atoms with Crippen LogP contribution in [0.15, 0.2) is 0 Å². The molecule has 0 spiro atoms. The van der Waals surface area contributed by atoms with Crippen LogP contribution in [-0.2, 0) is 9.57 Å². The highest BCUT2D eigenvalue weighted by Crippen LogP contribution is 2.56. The van der Waals surface area contributed by atoms with Gasteiger partial charge in [0.2, 0.25) is 0 Å². The second-order valence-corrected chi connectivity index (χ2v) is 5.89. The van der Waals surface area contributed by atoms with E-state index in [9.17, 15) is 13.6 Å². The van der Waals surface area contributed by atoms with Crippen LogP contribution < -0.4 is 5.32 Å². The van der Waals surface area contributed by atoms with Crippen LogP contribution in [-0.4, -0.2) is 49.9 Å². The SMILES string of the molecule is O=C(NC[C@H]1C[C@@H]2C[C@H]1CC2(F)F)N1CCOCCO1. The van der Waals surface area contributed by atoms with Gasteiger partial charge in [-0.15, -0.1) is 0 Å². The smallest absolute Gasteiger partial charge is 0.341 e. The molecule has 0 aromatic heterocycles. The number of carbonyl (C=O) groups excluding carboxylic acids is 1. The molecule has 0 aromatic carbocycles. The third-order valence-corrected chi connectivity index (χ3v) is 4.63. The molecular weight excluding hydrogens is 270 g/mol. The molecule has 2 saturated carbocycles. The summed E-state index contributed by atoms with van der Waals surface area (Å²) in [7, 11) is 0. The summed E-state index contributed by atoms with van der Waals surface area (Å²) in [6.07, 6.45) is 1.09. The van der Waals surface area contributed by atoms with Gasteiger partial charge in [0, 0.05) is 18.9 Å². The van der Waals surface area contributed by atoms with Crippen molar-refractivity contribution in [1.29, 1.82) is 0 Å². The Kier molecular flexibility index (Phi) is 3.81. The molecule has 7 heteroatoms. The van der Waals surface area contributed by atoms with E-state index in [1.165, 1.54) is 5.06 Å². The second kappa shape index (κ2) is 5.44. The minimum Gasteiger partial charge on any atom is -0.377 e. The van der Waals surface area contributed by atoms with Gasteiger partial charge in [-0.1, -0.05) is 0 Å². The molecule has 3 aliphatic rings. The molecule has 0 radical (unpaired) electrons. The molecule has 20 heavy (non-hydrogen) atoms. The summed E-state index contributed by atoms with van der Waals surface area (Å²) in [4.78, 5) is 17.2. The molecule has 1 saturated heterocycles. The number of ether oxygens (including phenoxy) is 1. The quantitative estimate of drug-likeness (QED) is 0.841. The van der Waals surface area contributed by atoms with E-state index >= 15 is 0 Å². The van der Waals surface area contributed by atoms with Crippen molar-refractivity contribution in [3.8, 4) is 0 Å². The third kappa shape index (κ3) is 2.74. The number of halogens is 2. The van der Waals surface area contributed by atoms with E-state index in [2.05, 4.69) is 5.32 Å². The maximum absolute atomic E-state index is 13.4. The molecule has 1 aliphatic heterocycles. The van der Waals surface area contributed by atoms with Crippen LogP contribution in [0.4, 0.5) is 13.6 Å². The van der Waals surface area contributed by atoms with E-state index in [0.29, 0.717) is 45.8 Å². The first kappa shape index (κ1) is 14.0. The van der Waals surface area contributed by atoms with Crippen molar-refractivity contribution in [2.24, 2.45) is 17.8 Å². The number of hydrogen-bond donors (Lipinski definition) is 1. The number of alkyl halides is 2. The third-order valence-electron chi connectivity index (χ3n) is 4.63. The lowest BCUT2D eigenvalue weighted by atomic mass is 9.86. The zero-order valence-electron chi connectivity index (χ0n) is 11.3. The van der Waals surface area contributed by atoms with Gasteiger partial charge in [-0.3, -0.25) is 4.84 Å². The Balaban J connectivity index is 1.45. The molecule has 3 rings (SSSR count). The number of hydrogen-bond acceptors (Lipinski definition) is 3. The van der Waals surface area contributed by atoms with Crippen molar-refractivity contribution in [2.45, 2.75) is 25.2 Å². The number of fused-ring (bicyclic) bond motifs is 2. The summed E-state index contributed by atoms with van der Waals surface area (Å²) < 4.78 is 32.0. The zero-order valence-corrected chi connectivity index (χ0v) is 11.3. The molecule has 114 valence electrons. The zero-order chi connectivity index (χ0) is 14.2. The molecule has 3 atom stereocenters. The molecule has 3 fully saturated rings. The molecule has 2 amide bonds. The van der Waals surface area contributed by atoms with Gasteiger partial charge < -0.3 is 10.1 Å². The van der Waals surface area contributed by atoms with Crippen molar-refractivity contribution >= 4 is 6.03 Å². The summed E-state index contributed by atoms with van der Waals surface area (Å²) in [5.41, 5.74) is 0. The van der Waals surface area contributed by atoms with Gasteiger partial charge in [0.1, 0.15) is 0 Å². The number of urea groups is 1. The van der Waals surface area contributed by atoms with Crippen LogP contribution in [0.25, 0.3) is 0 Å². The summed E-state index contributed by atoms with van der Waals surface area (Å²) in [5, 5.41) is 4.05. The fourth-order valence-electron chi connectivity index (χ4n) is 3.56. The van der Waals surface area contributed by atoms with Gasteiger partial charge in [-0.25, -0.2) is 18.6 Å². The number of nitrogens with zero attached hydrogens (tertiary/aromatic N) is 1. The van der Waals surface area contributed by atoms with Gasteiger partial charge in [-0.05, 0) is 24.7 Å². The molecule has 2 aliphatic carbocycles. The molecular formula is C13H20F2N2O3. The Morgan fingerprint density at radius 3 is 2.85 bits per heavy atom. The summed E-state index contributed by atoms with van der Waals surface area (Å²) in [6, 6.07) is -0.301. The number of carbonyl (C=O) groups is 1. The Morgan fingerprint density at radius 2 is 2.15 bits per heavy atom. The van der Waals surface area contributed by atoms with E-state index in [4.69, 9.17) is 9.57 Å². The van der Waals surface area contributed by atoms with E-state index in [0.717, 1.165) is 0 Å². The highest BCUT2D eigenvalue weighted by atomic mass is 19.3. The Morgan fingerprint density at radius 1 is 1.30 bits per heavy atom. The van der Waals surface area contributed by atoms with E-state index in [-0.39, 0.29) is 24.3 Å². The molecule has 0 unspecified atom stereocenters. The molecule has 0 aromatic rings. The fraction of sp³-hybridized carbons (Fsp3) is 0.923. The van der Waals surface area contributed by atoms with E-state index < -0.39 is 11.8 Å². The van der Waals surface area contributed by atoms with Crippen LogP contribution in [0, 0.1) is 17.8 Å². The molecule has 2 bridgehead atoms. The van der Waals surface area contributed by atoms with Crippen molar-refractivity contribution in [3.63, 3.8) is 0 Å². The standard InChI is InChI=1S/C13H20F2N2O3/c14-13(15)7-9-5-11(13)6-10(9)8-16-12(18)17-1-2-19-3-4-20-17/h9-11H,1-8H2,(H,16,18)/t9-,10+,11-/m0/s1. The lowest BCUT2D eigenvalue weighted by molar-refractivity contribution is -0.106. The first-order valence-electron chi connectivity index (χ1n) is 7.20. The van der Waals surface area contributed by atoms with Gasteiger partial charge in [-0.2, -0.15) is 0 Å². The Bertz CT molecular complexity index is 373. The largest absolute Gasteiger partial charge is 0.377 e.